The number of benzene rings is 1. The zero-order valence-corrected chi connectivity index (χ0v) is 11.4. The van der Waals surface area contributed by atoms with Gasteiger partial charge in [-0.05, 0) is 25.0 Å². The molecule has 4 heteroatoms. The van der Waals surface area contributed by atoms with Gasteiger partial charge >= 0.3 is 0 Å². The van der Waals surface area contributed by atoms with Crippen LogP contribution in [-0.4, -0.2) is 15.1 Å². The van der Waals surface area contributed by atoms with Crippen LogP contribution in [0.15, 0.2) is 18.2 Å². The lowest BCUT2D eigenvalue weighted by Gasteiger charge is -2.22. The molecule has 0 atom stereocenters. The number of fused-ring (bicyclic) bond motifs is 1. The largest absolute Gasteiger partial charge is 0.330 e. The zero-order valence-electron chi connectivity index (χ0n) is 10.6. The second-order valence-corrected chi connectivity index (χ2v) is 5.85. The van der Waals surface area contributed by atoms with Gasteiger partial charge in [0.2, 0.25) is 0 Å². The molecule has 96 valence electrons. The molecule has 1 heterocycles. The molecule has 2 aromatic rings. The van der Waals surface area contributed by atoms with Gasteiger partial charge in [-0.25, -0.2) is 4.98 Å². The summed E-state index contributed by atoms with van der Waals surface area (Å²) in [5, 5.41) is 0.756. The molecule has 0 radical (unpaired) electrons. The van der Waals surface area contributed by atoms with Crippen LogP contribution in [0.25, 0.3) is 11.0 Å². The summed E-state index contributed by atoms with van der Waals surface area (Å²) in [5.74, 6) is 1.04. The van der Waals surface area contributed by atoms with E-state index in [2.05, 4.69) is 9.55 Å². The van der Waals surface area contributed by atoms with Gasteiger partial charge in [-0.2, -0.15) is 0 Å². The molecule has 0 spiro atoms. The Hall–Kier alpha value is -1.06. The van der Waals surface area contributed by atoms with Gasteiger partial charge in [0.15, 0.2) is 0 Å². The van der Waals surface area contributed by atoms with E-state index in [1.54, 1.807) is 0 Å². The molecule has 0 aliphatic heterocycles. The van der Waals surface area contributed by atoms with E-state index in [4.69, 9.17) is 17.3 Å². The number of aryl methyl sites for hydroxylation is 1. The third-order valence-corrected chi connectivity index (χ3v) is 4.35. The lowest BCUT2D eigenvalue weighted by atomic mass is 9.94. The molecule has 1 fully saturated rings. The Morgan fingerprint density at radius 3 is 2.78 bits per heavy atom. The topological polar surface area (TPSA) is 43.8 Å². The first-order valence-corrected chi connectivity index (χ1v) is 6.86. The summed E-state index contributed by atoms with van der Waals surface area (Å²) in [6.07, 6.45) is 5.52. The fourth-order valence-corrected chi connectivity index (χ4v) is 3.29. The smallest absolute Gasteiger partial charge is 0.111 e. The van der Waals surface area contributed by atoms with Gasteiger partial charge in [-0.3, -0.25) is 0 Å². The van der Waals surface area contributed by atoms with Crippen LogP contribution in [0.5, 0.6) is 0 Å². The second-order valence-electron chi connectivity index (χ2n) is 5.44. The molecule has 3 nitrogen and oxygen atoms in total. The van der Waals surface area contributed by atoms with Gasteiger partial charge in [-0.15, -0.1) is 0 Å². The molecule has 18 heavy (non-hydrogen) atoms. The summed E-state index contributed by atoms with van der Waals surface area (Å²) < 4.78 is 2.09. The van der Waals surface area contributed by atoms with Crippen molar-refractivity contribution in [2.75, 3.05) is 0 Å². The summed E-state index contributed by atoms with van der Waals surface area (Å²) in [4.78, 5) is 4.68. The highest BCUT2D eigenvalue weighted by molar-refractivity contribution is 6.35. The Morgan fingerprint density at radius 1 is 1.39 bits per heavy atom. The molecule has 1 saturated carbocycles. The standard InChI is InChI=1S/C14H18ClN3/c1-18-12(9-14(16)7-2-3-8-14)17-11-6-4-5-10(15)13(11)18/h4-6H,2-3,7-9,16H2,1H3. The van der Waals surface area contributed by atoms with Crippen molar-refractivity contribution in [2.24, 2.45) is 12.8 Å². The zero-order chi connectivity index (χ0) is 12.8. The number of aromatic nitrogens is 2. The van der Waals surface area contributed by atoms with Crippen molar-refractivity contribution in [1.82, 2.24) is 9.55 Å². The van der Waals surface area contributed by atoms with Gasteiger partial charge in [0, 0.05) is 19.0 Å². The minimum Gasteiger partial charge on any atom is -0.330 e. The van der Waals surface area contributed by atoms with Gasteiger partial charge in [0.05, 0.1) is 16.1 Å². The van der Waals surface area contributed by atoms with Gasteiger partial charge in [0.25, 0.3) is 0 Å². The molecule has 0 saturated heterocycles. The van der Waals surface area contributed by atoms with Crippen LogP contribution in [-0.2, 0) is 13.5 Å². The molecule has 1 aliphatic rings. The predicted molar refractivity (Wildman–Crippen MR) is 74.8 cm³/mol. The number of imidazole rings is 1. The number of nitrogens with zero attached hydrogens (tertiary/aromatic N) is 2. The highest BCUT2D eigenvalue weighted by Crippen LogP contribution is 2.31. The van der Waals surface area contributed by atoms with Crippen LogP contribution in [0.4, 0.5) is 0 Å². The van der Waals surface area contributed by atoms with Crippen molar-refractivity contribution >= 4 is 22.6 Å². The Bertz CT molecular complexity index is 582. The molecule has 1 aromatic carbocycles. The van der Waals surface area contributed by atoms with Crippen molar-refractivity contribution in [3.63, 3.8) is 0 Å². The number of para-hydroxylation sites is 1. The monoisotopic (exact) mass is 263 g/mol. The van der Waals surface area contributed by atoms with E-state index >= 15 is 0 Å². The molecule has 1 aliphatic carbocycles. The molecule has 0 amide bonds. The van der Waals surface area contributed by atoms with Crippen molar-refractivity contribution in [1.29, 1.82) is 0 Å². The molecule has 3 rings (SSSR count). The highest BCUT2D eigenvalue weighted by atomic mass is 35.5. The summed E-state index contributed by atoms with van der Waals surface area (Å²) in [7, 11) is 2.02. The fourth-order valence-electron chi connectivity index (χ4n) is 3.00. The third-order valence-electron chi connectivity index (χ3n) is 4.05. The van der Waals surface area contributed by atoms with E-state index in [1.807, 2.05) is 25.2 Å². The highest BCUT2D eigenvalue weighted by Gasteiger charge is 2.31. The average molecular weight is 264 g/mol. The molecular formula is C14H18ClN3. The van der Waals surface area contributed by atoms with Gasteiger partial charge < -0.3 is 10.3 Å². The van der Waals surface area contributed by atoms with Crippen LogP contribution in [0.2, 0.25) is 5.02 Å². The SMILES string of the molecule is Cn1c(CC2(N)CCCC2)nc2cccc(Cl)c21. The molecule has 2 N–H and O–H groups in total. The van der Waals surface area contributed by atoms with E-state index in [0.29, 0.717) is 0 Å². The van der Waals surface area contributed by atoms with E-state index in [0.717, 1.165) is 41.1 Å². The Balaban J connectivity index is 2.02. The molecule has 1 aromatic heterocycles. The lowest BCUT2D eigenvalue weighted by molar-refractivity contribution is 0.422. The average Bonchev–Trinajstić information content (AvgIpc) is 2.86. The normalized spacial score (nSPS) is 18.6. The maximum Gasteiger partial charge on any atom is 0.111 e. The summed E-state index contributed by atoms with van der Waals surface area (Å²) in [6, 6.07) is 5.85. The number of halogens is 1. The maximum absolute atomic E-state index is 6.43. The first-order chi connectivity index (χ1) is 8.59. The van der Waals surface area contributed by atoms with Crippen LogP contribution < -0.4 is 5.73 Å². The Morgan fingerprint density at radius 2 is 2.11 bits per heavy atom. The minimum absolute atomic E-state index is 0.0678. The Labute approximate surface area is 112 Å². The summed E-state index contributed by atoms with van der Waals surface area (Å²) >= 11 is 6.23. The summed E-state index contributed by atoms with van der Waals surface area (Å²) in [5.41, 5.74) is 8.34. The van der Waals surface area contributed by atoms with Crippen molar-refractivity contribution in [3.8, 4) is 0 Å². The molecular weight excluding hydrogens is 246 g/mol. The molecule has 0 unspecified atom stereocenters. The Kier molecular flexibility index (Phi) is 2.83. The third kappa shape index (κ3) is 1.91. The van der Waals surface area contributed by atoms with Gasteiger partial charge in [-0.1, -0.05) is 30.5 Å². The van der Waals surface area contributed by atoms with E-state index in [9.17, 15) is 0 Å². The van der Waals surface area contributed by atoms with Crippen LogP contribution in [0.1, 0.15) is 31.5 Å². The van der Waals surface area contributed by atoms with Crippen molar-refractivity contribution in [3.05, 3.63) is 29.0 Å². The quantitative estimate of drug-likeness (QED) is 0.905. The predicted octanol–water partition coefficient (Wildman–Crippen LogP) is 3.04. The molecule has 0 bridgehead atoms. The second kappa shape index (κ2) is 4.25. The number of nitrogens with two attached hydrogens (primary N) is 1. The first-order valence-electron chi connectivity index (χ1n) is 6.48. The minimum atomic E-state index is -0.0678. The van der Waals surface area contributed by atoms with Crippen LogP contribution >= 0.6 is 11.6 Å². The number of hydrogen-bond donors (Lipinski definition) is 1. The van der Waals surface area contributed by atoms with Gasteiger partial charge in [0.1, 0.15) is 5.82 Å². The van der Waals surface area contributed by atoms with E-state index in [-0.39, 0.29) is 5.54 Å². The maximum atomic E-state index is 6.43. The van der Waals surface area contributed by atoms with Crippen molar-refractivity contribution in [2.45, 2.75) is 37.6 Å². The fraction of sp³-hybridized carbons (Fsp3) is 0.500. The van der Waals surface area contributed by atoms with E-state index in [1.165, 1.54) is 12.8 Å². The van der Waals surface area contributed by atoms with Crippen LogP contribution in [0.3, 0.4) is 0 Å². The number of hydrogen-bond acceptors (Lipinski definition) is 2. The first kappa shape index (κ1) is 12.0. The van der Waals surface area contributed by atoms with Crippen molar-refractivity contribution < 1.29 is 0 Å². The van der Waals surface area contributed by atoms with Crippen LogP contribution in [0, 0.1) is 0 Å². The van der Waals surface area contributed by atoms with E-state index < -0.39 is 0 Å². The number of rotatable bonds is 2. The summed E-state index contributed by atoms with van der Waals surface area (Å²) in [6.45, 7) is 0. The lowest BCUT2D eigenvalue weighted by Crippen LogP contribution is -2.39.